The summed E-state index contributed by atoms with van der Waals surface area (Å²) in [6.07, 6.45) is 4.45. The first kappa shape index (κ1) is 9.92. The number of hydrogen-bond acceptors (Lipinski definition) is 3. The third-order valence-corrected chi connectivity index (χ3v) is 2.31. The molecule has 0 spiro atoms. The summed E-state index contributed by atoms with van der Waals surface area (Å²) >= 11 is 0. The Bertz CT molecular complexity index is 407. The highest BCUT2D eigenvalue weighted by atomic mass is 32.2. The largest absolute Gasteiger partial charge is 0.265 e. The Hall–Kier alpha value is -1.16. The second-order valence-corrected chi connectivity index (χ2v) is 4.76. The SMILES string of the molecule is C/C(=C/S(C)(=O)=O)c1ccncc1. The molecule has 3 nitrogen and oxygen atoms in total. The van der Waals surface area contributed by atoms with Crippen molar-refractivity contribution in [3.8, 4) is 0 Å². The molecule has 0 amide bonds. The average Bonchev–Trinajstić information content (AvgIpc) is 2.03. The molecule has 0 N–H and O–H groups in total. The summed E-state index contributed by atoms with van der Waals surface area (Å²) in [5, 5.41) is 1.25. The van der Waals surface area contributed by atoms with E-state index in [-0.39, 0.29) is 0 Å². The predicted molar refractivity (Wildman–Crippen MR) is 52.7 cm³/mol. The Balaban J connectivity index is 3.06. The van der Waals surface area contributed by atoms with Crippen LogP contribution in [0.5, 0.6) is 0 Å². The molecule has 0 unspecified atom stereocenters. The van der Waals surface area contributed by atoms with E-state index in [1.807, 2.05) is 0 Å². The molecule has 1 heterocycles. The third-order valence-electron chi connectivity index (χ3n) is 1.53. The van der Waals surface area contributed by atoms with Crippen molar-refractivity contribution in [3.63, 3.8) is 0 Å². The van der Waals surface area contributed by atoms with Crippen LogP contribution < -0.4 is 0 Å². The van der Waals surface area contributed by atoms with Crippen molar-refractivity contribution in [2.45, 2.75) is 6.92 Å². The van der Waals surface area contributed by atoms with E-state index in [1.165, 1.54) is 11.7 Å². The van der Waals surface area contributed by atoms with Crippen LogP contribution in [0.2, 0.25) is 0 Å². The van der Waals surface area contributed by atoms with Crippen LogP contribution >= 0.6 is 0 Å². The summed E-state index contributed by atoms with van der Waals surface area (Å²) in [4.78, 5) is 3.85. The molecule has 1 aromatic rings. The average molecular weight is 197 g/mol. The number of sulfone groups is 1. The van der Waals surface area contributed by atoms with Crippen LogP contribution in [-0.4, -0.2) is 19.7 Å². The van der Waals surface area contributed by atoms with Gasteiger partial charge in [0.25, 0.3) is 0 Å². The first-order chi connectivity index (χ1) is 5.99. The van der Waals surface area contributed by atoms with E-state index < -0.39 is 9.84 Å². The third kappa shape index (κ3) is 3.38. The van der Waals surface area contributed by atoms with Gasteiger partial charge in [0.1, 0.15) is 0 Å². The van der Waals surface area contributed by atoms with E-state index >= 15 is 0 Å². The molecule has 13 heavy (non-hydrogen) atoms. The maximum Gasteiger partial charge on any atom is 0.169 e. The fourth-order valence-electron chi connectivity index (χ4n) is 1.00. The molecule has 1 rings (SSSR count). The zero-order chi connectivity index (χ0) is 9.90. The lowest BCUT2D eigenvalue weighted by atomic mass is 10.1. The molecular formula is C9H11NO2S. The highest BCUT2D eigenvalue weighted by Crippen LogP contribution is 2.12. The number of hydrogen-bond donors (Lipinski definition) is 0. The molecule has 1 aromatic heterocycles. The smallest absolute Gasteiger partial charge is 0.169 e. The van der Waals surface area contributed by atoms with Gasteiger partial charge in [-0.2, -0.15) is 0 Å². The van der Waals surface area contributed by atoms with Crippen molar-refractivity contribution in [1.29, 1.82) is 0 Å². The summed E-state index contributed by atoms with van der Waals surface area (Å²) in [6.45, 7) is 1.76. The fourth-order valence-corrected chi connectivity index (χ4v) is 1.78. The number of allylic oxidation sites excluding steroid dienone is 1. The normalized spacial score (nSPS) is 12.9. The van der Waals surface area contributed by atoms with Gasteiger partial charge in [-0.1, -0.05) is 0 Å². The zero-order valence-electron chi connectivity index (χ0n) is 7.56. The Morgan fingerprint density at radius 1 is 1.38 bits per heavy atom. The molecule has 0 saturated carbocycles. The molecule has 0 atom stereocenters. The molecule has 0 aliphatic carbocycles. The van der Waals surface area contributed by atoms with E-state index in [2.05, 4.69) is 4.98 Å². The van der Waals surface area contributed by atoms with Gasteiger partial charge in [-0.05, 0) is 30.2 Å². The van der Waals surface area contributed by atoms with Gasteiger partial charge in [0.05, 0.1) is 0 Å². The summed E-state index contributed by atoms with van der Waals surface area (Å²) in [5.74, 6) is 0. The van der Waals surface area contributed by atoms with Crippen molar-refractivity contribution in [1.82, 2.24) is 4.98 Å². The summed E-state index contributed by atoms with van der Waals surface area (Å²) < 4.78 is 21.8. The molecule has 0 bridgehead atoms. The van der Waals surface area contributed by atoms with E-state index in [1.54, 1.807) is 31.5 Å². The van der Waals surface area contributed by atoms with Crippen LogP contribution in [0.3, 0.4) is 0 Å². The number of aromatic nitrogens is 1. The van der Waals surface area contributed by atoms with Crippen LogP contribution in [-0.2, 0) is 9.84 Å². The van der Waals surface area contributed by atoms with Gasteiger partial charge in [0.15, 0.2) is 9.84 Å². The molecule has 0 saturated heterocycles. The Labute approximate surface area is 78.0 Å². The Kier molecular flexibility index (Phi) is 2.83. The number of rotatable bonds is 2. The minimum absolute atomic E-state index is 0.727. The highest BCUT2D eigenvalue weighted by molar-refractivity contribution is 7.93. The fraction of sp³-hybridized carbons (Fsp3) is 0.222. The van der Waals surface area contributed by atoms with Gasteiger partial charge in [0.2, 0.25) is 0 Å². The van der Waals surface area contributed by atoms with Crippen molar-refractivity contribution in [3.05, 3.63) is 35.5 Å². The Morgan fingerprint density at radius 3 is 2.38 bits per heavy atom. The molecule has 0 fully saturated rings. The van der Waals surface area contributed by atoms with Gasteiger partial charge in [-0.15, -0.1) is 0 Å². The molecule has 0 aliphatic heterocycles. The lowest BCUT2D eigenvalue weighted by Gasteiger charge is -1.98. The lowest BCUT2D eigenvalue weighted by molar-refractivity contribution is 0.610. The van der Waals surface area contributed by atoms with Crippen LogP contribution in [0.4, 0.5) is 0 Å². The molecular weight excluding hydrogens is 186 g/mol. The van der Waals surface area contributed by atoms with Crippen molar-refractivity contribution < 1.29 is 8.42 Å². The second kappa shape index (κ2) is 3.70. The van der Waals surface area contributed by atoms with Crippen LogP contribution in [0, 0.1) is 0 Å². The molecule has 0 aliphatic rings. The lowest BCUT2D eigenvalue weighted by Crippen LogP contribution is -1.91. The topological polar surface area (TPSA) is 47.0 Å². The molecule has 4 heteroatoms. The summed E-state index contributed by atoms with van der Waals surface area (Å²) in [7, 11) is -3.05. The van der Waals surface area contributed by atoms with Gasteiger partial charge < -0.3 is 0 Å². The standard InChI is InChI=1S/C9H11NO2S/c1-8(7-13(2,11)12)9-3-5-10-6-4-9/h3-7H,1-2H3/b8-7-. The number of pyridine rings is 1. The monoisotopic (exact) mass is 197 g/mol. The molecule has 0 aromatic carbocycles. The minimum atomic E-state index is -3.05. The summed E-state index contributed by atoms with van der Waals surface area (Å²) in [5.41, 5.74) is 1.60. The van der Waals surface area contributed by atoms with E-state index in [0.29, 0.717) is 0 Å². The maximum atomic E-state index is 10.9. The van der Waals surface area contributed by atoms with Crippen LogP contribution in [0.1, 0.15) is 12.5 Å². The van der Waals surface area contributed by atoms with Crippen molar-refractivity contribution >= 4 is 15.4 Å². The maximum absolute atomic E-state index is 10.9. The van der Waals surface area contributed by atoms with Crippen molar-refractivity contribution in [2.75, 3.05) is 6.26 Å². The van der Waals surface area contributed by atoms with Crippen LogP contribution in [0.15, 0.2) is 29.9 Å². The zero-order valence-corrected chi connectivity index (χ0v) is 8.38. The quantitative estimate of drug-likeness (QED) is 0.721. The van der Waals surface area contributed by atoms with Crippen molar-refractivity contribution in [2.24, 2.45) is 0 Å². The van der Waals surface area contributed by atoms with Crippen LogP contribution in [0.25, 0.3) is 5.57 Å². The van der Waals surface area contributed by atoms with Gasteiger partial charge in [-0.25, -0.2) is 8.42 Å². The molecule has 0 radical (unpaired) electrons. The van der Waals surface area contributed by atoms with Gasteiger partial charge in [0, 0.05) is 24.1 Å². The van der Waals surface area contributed by atoms with Gasteiger partial charge in [-0.3, -0.25) is 4.98 Å². The predicted octanol–water partition coefficient (Wildman–Crippen LogP) is 1.49. The first-order valence-electron chi connectivity index (χ1n) is 3.78. The van der Waals surface area contributed by atoms with E-state index in [9.17, 15) is 8.42 Å². The highest BCUT2D eigenvalue weighted by Gasteiger charge is 1.99. The Morgan fingerprint density at radius 2 is 1.92 bits per heavy atom. The minimum Gasteiger partial charge on any atom is -0.265 e. The second-order valence-electron chi connectivity index (χ2n) is 2.87. The summed E-state index contributed by atoms with van der Waals surface area (Å²) in [6, 6.07) is 3.55. The number of nitrogens with zero attached hydrogens (tertiary/aromatic N) is 1. The molecule has 70 valence electrons. The van der Waals surface area contributed by atoms with E-state index in [0.717, 1.165) is 11.1 Å². The first-order valence-corrected chi connectivity index (χ1v) is 5.73. The van der Waals surface area contributed by atoms with E-state index in [4.69, 9.17) is 0 Å². The van der Waals surface area contributed by atoms with Gasteiger partial charge >= 0.3 is 0 Å².